The second kappa shape index (κ2) is 8.42. The predicted molar refractivity (Wildman–Crippen MR) is 95.9 cm³/mol. The Bertz CT molecular complexity index is 908. The summed E-state index contributed by atoms with van der Waals surface area (Å²) in [7, 11) is 1.78. The number of hydrogen-bond acceptors (Lipinski definition) is 4. The number of nitriles is 1. The molecule has 25 heavy (non-hydrogen) atoms. The lowest BCUT2D eigenvalue weighted by Crippen LogP contribution is -2.08. The van der Waals surface area contributed by atoms with Gasteiger partial charge < -0.3 is 4.90 Å². The Labute approximate surface area is 147 Å². The average Bonchev–Trinajstić information content (AvgIpc) is 2.61. The monoisotopic (exact) mass is 332 g/mol. The first-order valence-corrected chi connectivity index (χ1v) is 7.57. The summed E-state index contributed by atoms with van der Waals surface area (Å²) < 4.78 is 13.6. The predicted octanol–water partition coefficient (Wildman–Crippen LogP) is 3.83. The molecule has 0 spiro atoms. The fraction of sp³-hybridized carbons (Fsp3) is 0.150. The Morgan fingerprint density at radius 3 is 2.68 bits per heavy atom. The normalized spacial score (nSPS) is 9.88. The van der Waals surface area contributed by atoms with Gasteiger partial charge in [-0.25, -0.2) is 9.37 Å². The highest BCUT2D eigenvalue weighted by Gasteiger charge is 2.03. The van der Waals surface area contributed by atoms with Crippen LogP contribution in [0.25, 0.3) is 0 Å². The Morgan fingerprint density at radius 2 is 2.04 bits per heavy atom. The van der Waals surface area contributed by atoms with Crippen LogP contribution in [0.15, 0.2) is 60.2 Å². The molecule has 0 saturated heterocycles. The standard InChI is InChI=1S/C20H17FN4/c1-15(2)17(4-5-19-14-23-7-8-24-19)6-9-25(3)20-11-16(13-22)10-18(21)12-20/h6-12,14H,1-3H3/b9-6-. The smallest absolute Gasteiger partial charge is 0.131 e. The molecule has 1 aromatic carbocycles. The van der Waals surface area contributed by atoms with E-state index in [1.807, 2.05) is 26.0 Å². The Kier molecular flexibility index (Phi) is 6.03. The molecule has 5 heteroatoms. The number of rotatable bonds is 3. The van der Waals surface area contributed by atoms with Gasteiger partial charge in [0.1, 0.15) is 11.5 Å². The molecule has 0 N–H and O–H groups in total. The third kappa shape index (κ3) is 5.30. The first kappa shape index (κ1) is 17.9. The number of allylic oxidation sites excluding steroid dienone is 3. The molecule has 0 atom stereocenters. The first-order valence-electron chi connectivity index (χ1n) is 7.57. The van der Waals surface area contributed by atoms with Crippen LogP contribution in [-0.4, -0.2) is 17.0 Å². The number of hydrogen-bond donors (Lipinski definition) is 0. The highest BCUT2D eigenvalue weighted by Crippen LogP contribution is 2.18. The van der Waals surface area contributed by atoms with E-state index in [2.05, 4.69) is 21.8 Å². The molecule has 0 aliphatic carbocycles. The van der Waals surface area contributed by atoms with E-state index in [4.69, 9.17) is 5.26 Å². The van der Waals surface area contributed by atoms with Crippen LogP contribution in [0.2, 0.25) is 0 Å². The van der Waals surface area contributed by atoms with Gasteiger partial charge in [-0.15, -0.1) is 0 Å². The third-order valence-electron chi connectivity index (χ3n) is 3.31. The SMILES string of the molecule is CC(C)=C(C#Cc1cnccn1)/C=C\N(C)c1cc(F)cc(C#N)c1. The fourth-order valence-electron chi connectivity index (χ4n) is 1.94. The maximum absolute atomic E-state index is 13.6. The fourth-order valence-corrected chi connectivity index (χ4v) is 1.94. The van der Waals surface area contributed by atoms with Crippen molar-refractivity contribution in [2.24, 2.45) is 0 Å². The molecule has 0 unspecified atom stereocenters. The van der Waals surface area contributed by atoms with Gasteiger partial charge in [-0.05, 0) is 44.0 Å². The van der Waals surface area contributed by atoms with Gasteiger partial charge in [-0.3, -0.25) is 4.98 Å². The molecule has 0 fully saturated rings. The van der Waals surface area contributed by atoms with Gasteiger partial charge in [0.05, 0.1) is 17.8 Å². The molecule has 124 valence electrons. The number of nitrogens with zero attached hydrogens (tertiary/aromatic N) is 4. The number of benzene rings is 1. The Hall–Kier alpha value is -3.44. The third-order valence-corrected chi connectivity index (χ3v) is 3.31. The summed E-state index contributed by atoms with van der Waals surface area (Å²) in [6.07, 6.45) is 8.41. The molecule has 1 heterocycles. The summed E-state index contributed by atoms with van der Waals surface area (Å²) in [4.78, 5) is 9.83. The number of aromatic nitrogens is 2. The maximum atomic E-state index is 13.6. The molecule has 0 aliphatic rings. The van der Waals surface area contributed by atoms with E-state index in [1.54, 1.807) is 42.8 Å². The van der Waals surface area contributed by atoms with E-state index in [-0.39, 0.29) is 5.56 Å². The minimum absolute atomic E-state index is 0.278. The van der Waals surface area contributed by atoms with E-state index in [0.29, 0.717) is 11.4 Å². The van der Waals surface area contributed by atoms with Crippen molar-refractivity contribution >= 4 is 5.69 Å². The molecular weight excluding hydrogens is 315 g/mol. The second-order valence-electron chi connectivity index (χ2n) is 5.49. The quantitative estimate of drug-likeness (QED) is 0.633. The van der Waals surface area contributed by atoms with Crippen molar-refractivity contribution in [2.45, 2.75) is 13.8 Å². The molecule has 0 radical (unpaired) electrons. The molecule has 0 aliphatic heterocycles. The van der Waals surface area contributed by atoms with Gasteiger partial charge in [-0.1, -0.05) is 11.5 Å². The molecule has 1 aromatic heterocycles. The molecule has 2 aromatic rings. The van der Waals surface area contributed by atoms with Crippen LogP contribution in [0.3, 0.4) is 0 Å². The first-order chi connectivity index (χ1) is 12.0. The van der Waals surface area contributed by atoms with Crippen molar-refractivity contribution in [3.8, 4) is 17.9 Å². The molecular formula is C20H17FN4. The van der Waals surface area contributed by atoms with E-state index < -0.39 is 5.82 Å². The van der Waals surface area contributed by atoms with Crippen LogP contribution in [0.5, 0.6) is 0 Å². The molecule has 0 saturated carbocycles. The number of anilines is 1. The summed E-state index contributed by atoms with van der Waals surface area (Å²) in [6, 6.07) is 6.15. The highest BCUT2D eigenvalue weighted by atomic mass is 19.1. The van der Waals surface area contributed by atoms with Crippen molar-refractivity contribution in [3.63, 3.8) is 0 Å². The van der Waals surface area contributed by atoms with Gasteiger partial charge in [0.15, 0.2) is 0 Å². The van der Waals surface area contributed by atoms with E-state index in [9.17, 15) is 4.39 Å². The van der Waals surface area contributed by atoms with Crippen LogP contribution >= 0.6 is 0 Å². The van der Waals surface area contributed by atoms with E-state index in [0.717, 1.165) is 11.1 Å². The summed E-state index contributed by atoms with van der Waals surface area (Å²) in [5.41, 5.74) is 3.32. The molecule has 4 nitrogen and oxygen atoms in total. The molecule has 2 rings (SSSR count). The number of halogens is 1. The average molecular weight is 332 g/mol. The minimum atomic E-state index is -0.445. The van der Waals surface area contributed by atoms with Gasteiger partial charge in [-0.2, -0.15) is 5.26 Å². The van der Waals surface area contributed by atoms with E-state index >= 15 is 0 Å². The Balaban J connectivity index is 2.23. The van der Waals surface area contributed by atoms with Gasteiger partial charge >= 0.3 is 0 Å². The summed E-state index contributed by atoms with van der Waals surface area (Å²) >= 11 is 0. The van der Waals surface area contributed by atoms with Crippen LogP contribution in [-0.2, 0) is 0 Å². The molecule has 0 amide bonds. The van der Waals surface area contributed by atoms with E-state index in [1.165, 1.54) is 12.1 Å². The van der Waals surface area contributed by atoms with Crippen molar-refractivity contribution in [1.82, 2.24) is 9.97 Å². The summed E-state index contributed by atoms with van der Waals surface area (Å²) in [5.74, 6) is 5.58. The van der Waals surface area contributed by atoms with Crippen molar-refractivity contribution < 1.29 is 4.39 Å². The van der Waals surface area contributed by atoms with Crippen molar-refractivity contribution in [2.75, 3.05) is 11.9 Å². The Morgan fingerprint density at radius 1 is 1.24 bits per heavy atom. The largest absolute Gasteiger partial charge is 0.351 e. The van der Waals surface area contributed by atoms with Crippen LogP contribution in [0, 0.1) is 29.0 Å². The van der Waals surface area contributed by atoms with Crippen LogP contribution in [0.4, 0.5) is 10.1 Å². The summed E-state index contributed by atoms with van der Waals surface area (Å²) in [6.45, 7) is 3.92. The zero-order valence-electron chi connectivity index (χ0n) is 14.3. The zero-order valence-corrected chi connectivity index (χ0v) is 14.3. The molecule has 0 bridgehead atoms. The summed E-state index contributed by atoms with van der Waals surface area (Å²) in [5, 5.41) is 8.95. The second-order valence-corrected chi connectivity index (χ2v) is 5.49. The lowest BCUT2D eigenvalue weighted by molar-refractivity contribution is 0.627. The topological polar surface area (TPSA) is 52.8 Å². The lowest BCUT2D eigenvalue weighted by atomic mass is 10.1. The van der Waals surface area contributed by atoms with Gasteiger partial charge in [0.25, 0.3) is 0 Å². The van der Waals surface area contributed by atoms with Crippen LogP contribution < -0.4 is 4.90 Å². The zero-order chi connectivity index (χ0) is 18.2. The van der Waals surface area contributed by atoms with Crippen LogP contribution in [0.1, 0.15) is 25.1 Å². The van der Waals surface area contributed by atoms with Crippen molar-refractivity contribution in [3.05, 3.63) is 77.3 Å². The maximum Gasteiger partial charge on any atom is 0.131 e. The highest BCUT2D eigenvalue weighted by molar-refractivity contribution is 5.55. The van der Waals surface area contributed by atoms with Gasteiger partial charge in [0, 0.05) is 36.9 Å². The van der Waals surface area contributed by atoms with Gasteiger partial charge in [0.2, 0.25) is 0 Å². The van der Waals surface area contributed by atoms with Crippen molar-refractivity contribution in [1.29, 1.82) is 5.26 Å². The lowest BCUT2D eigenvalue weighted by Gasteiger charge is -2.14. The minimum Gasteiger partial charge on any atom is -0.351 e.